The summed E-state index contributed by atoms with van der Waals surface area (Å²) in [6.45, 7) is 0. The summed E-state index contributed by atoms with van der Waals surface area (Å²) in [6, 6.07) is 19.4. The van der Waals surface area contributed by atoms with Gasteiger partial charge in [-0.2, -0.15) is 0 Å². The van der Waals surface area contributed by atoms with Crippen LogP contribution in [0.1, 0.15) is 20.7 Å². The summed E-state index contributed by atoms with van der Waals surface area (Å²) in [4.78, 5) is 25.3. The van der Waals surface area contributed by atoms with Gasteiger partial charge in [-0.3, -0.25) is 4.79 Å². The summed E-state index contributed by atoms with van der Waals surface area (Å²) >= 11 is 13.5. The van der Waals surface area contributed by atoms with E-state index < -0.39 is 11.9 Å². The SMILES string of the molecule is O=C(Nc1cc(-c2cc3ccccc3s2)ccc1C(=O)O)c1cc(Cl)cc(Cl)c1. The number of carboxylic acid groups (broad SMARTS) is 1. The smallest absolute Gasteiger partial charge is 0.337 e. The molecule has 0 unspecified atom stereocenters. The maximum atomic E-state index is 12.7. The Kier molecular flexibility index (Phi) is 5.28. The van der Waals surface area contributed by atoms with Gasteiger partial charge >= 0.3 is 5.97 Å². The number of carbonyl (C=O) groups is 2. The lowest BCUT2D eigenvalue weighted by Gasteiger charge is -2.11. The van der Waals surface area contributed by atoms with Gasteiger partial charge in [0.25, 0.3) is 5.91 Å². The van der Waals surface area contributed by atoms with Crippen molar-refractivity contribution >= 4 is 62.2 Å². The Bertz CT molecular complexity index is 1210. The van der Waals surface area contributed by atoms with E-state index in [2.05, 4.69) is 5.32 Å². The number of amides is 1. The minimum Gasteiger partial charge on any atom is -0.478 e. The Morgan fingerprint density at radius 2 is 1.62 bits per heavy atom. The van der Waals surface area contributed by atoms with Crippen LogP contribution in [0.25, 0.3) is 20.5 Å². The second kappa shape index (κ2) is 7.87. The molecule has 4 aromatic rings. The summed E-state index contributed by atoms with van der Waals surface area (Å²) in [7, 11) is 0. The van der Waals surface area contributed by atoms with Crippen molar-refractivity contribution in [1.29, 1.82) is 0 Å². The summed E-state index contributed by atoms with van der Waals surface area (Å²) in [5, 5.41) is 13.9. The molecule has 0 aliphatic carbocycles. The van der Waals surface area contributed by atoms with Crippen molar-refractivity contribution in [2.45, 2.75) is 0 Å². The normalized spacial score (nSPS) is 10.8. The Morgan fingerprint density at radius 3 is 2.31 bits per heavy atom. The fraction of sp³-hybridized carbons (Fsp3) is 0. The first-order valence-electron chi connectivity index (χ1n) is 8.54. The lowest BCUT2D eigenvalue weighted by molar-refractivity contribution is 0.0698. The molecule has 0 saturated heterocycles. The summed E-state index contributed by atoms with van der Waals surface area (Å²) in [5.74, 6) is -1.63. The van der Waals surface area contributed by atoms with Crippen LogP contribution >= 0.6 is 34.5 Å². The average molecular weight is 442 g/mol. The molecule has 0 spiro atoms. The van der Waals surface area contributed by atoms with Gasteiger partial charge in [-0.05, 0) is 53.4 Å². The average Bonchev–Trinajstić information content (AvgIpc) is 3.11. The van der Waals surface area contributed by atoms with Crippen molar-refractivity contribution in [3.05, 3.63) is 87.9 Å². The van der Waals surface area contributed by atoms with Crippen molar-refractivity contribution in [2.75, 3.05) is 5.32 Å². The van der Waals surface area contributed by atoms with E-state index in [0.29, 0.717) is 10.0 Å². The van der Waals surface area contributed by atoms with Gasteiger partial charge in [0, 0.05) is 25.2 Å². The van der Waals surface area contributed by atoms with Gasteiger partial charge in [-0.15, -0.1) is 11.3 Å². The highest BCUT2D eigenvalue weighted by Crippen LogP contribution is 2.35. The number of hydrogen-bond acceptors (Lipinski definition) is 3. The van der Waals surface area contributed by atoms with E-state index in [1.54, 1.807) is 23.5 Å². The third kappa shape index (κ3) is 4.12. The number of rotatable bonds is 4. The molecule has 29 heavy (non-hydrogen) atoms. The van der Waals surface area contributed by atoms with Crippen LogP contribution in [0.5, 0.6) is 0 Å². The largest absolute Gasteiger partial charge is 0.478 e. The van der Waals surface area contributed by atoms with Crippen LogP contribution in [-0.4, -0.2) is 17.0 Å². The van der Waals surface area contributed by atoms with Gasteiger partial charge < -0.3 is 10.4 Å². The van der Waals surface area contributed by atoms with Crippen LogP contribution in [0.15, 0.2) is 66.7 Å². The molecule has 1 aromatic heterocycles. The molecule has 144 valence electrons. The molecule has 7 heteroatoms. The first-order chi connectivity index (χ1) is 13.9. The number of aromatic carboxylic acids is 1. The number of benzene rings is 3. The van der Waals surface area contributed by atoms with Crippen LogP contribution in [0.3, 0.4) is 0 Å². The molecule has 0 saturated carbocycles. The van der Waals surface area contributed by atoms with Crippen molar-refractivity contribution in [2.24, 2.45) is 0 Å². The molecule has 4 nitrogen and oxygen atoms in total. The van der Waals surface area contributed by atoms with E-state index in [-0.39, 0.29) is 16.8 Å². The van der Waals surface area contributed by atoms with Crippen molar-refractivity contribution in [3.63, 3.8) is 0 Å². The molecular weight excluding hydrogens is 429 g/mol. The van der Waals surface area contributed by atoms with E-state index in [0.717, 1.165) is 20.5 Å². The van der Waals surface area contributed by atoms with Crippen LogP contribution in [0, 0.1) is 0 Å². The lowest BCUT2D eigenvalue weighted by atomic mass is 10.1. The Labute approximate surface area is 180 Å². The van der Waals surface area contributed by atoms with Gasteiger partial charge in [-0.25, -0.2) is 4.79 Å². The monoisotopic (exact) mass is 441 g/mol. The van der Waals surface area contributed by atoms with Gasteiger partial charge in [0.2, 0.25) is 0 Å². The molecule has 1 heterocycles. The Morgan fingerprint density at radius 1 is 0.897 bits per heavy atom. The highest BCUT2D eigenvalue weighted by molar-refractivity contribution is 7.22. The molecule has 3 aromatic carbocycles. The Balaban J connectivity index is 1.73. The zero-order valence-electron chi connectivity index (χ0n) is 14.8. The van der Waals surface area contributed by atoms with Crippen LogP contribution in [-0.2, 0) is 0 Å². The van der Waals surface area contributed by atoms with Crippen LogP contribution in [0.4, 0.5) is 5.69 Å². The minimum absolute atomic E-state index is 0.00339. The number of carbonyl (C=O) groups excluding carboxylic acids is 1. The standard InChI is InChI=1S/C22H13Cl2NO3S/c23-15-7-14(8-16(24)11-15)21(26)25-18-9-13(5-6-17(18)22(27)28)20-10-12-3-1-2-4-19(12)29-20/h1-11H,(H,25,26)(H,27,28). The number of carboxylic acids is 1. The second-order valence-corrected chi connectivity index (χ2v) is 8.28. The van der Waals surface area contributed by atoms with Gasteiger partial charge in [0.15, 0.2) is 0 Å². The van der Waals surface area contributed by atoms with E-state index in [9.17, 15) is 14.7 Å². The summed E-state index contributed by atoms with van der Waals surface area (Å²) < 4.78 is 1.13. The molecule has 2 N–H and O–H groups in total. The van der Waals surface area contributed by atoms with E-state index in [4.69, 9.17) is 23.2 Å². The molecular formula is C22H13Cl2NO3S. The maximum absolute atomic E-state index is 12.7. The molecule has 0 fully saturated rings. The fourth-order valence-corrected chi connectivity index (χ4v) is 4.58. The van der Waals surface area contributed by atoms with Gasteiger partial charge in [0.05, 0.1) is 11.3 Å². The zero-order chi connectivity index (χ0) is 20.5. The third-order valence-electron chi connectivity index (χ3n) is 4.33. The summed E-state index contributed by atoms with van der Waals surface area (Å²) in [5.41, 5.74) is 1.26. The highest BCUT2D eigenvalue weighted by atomic mass is 35.5. The quantitative estimate of drug-likeness (QED) is 0.364. The van der Waals surface area contributed by atoms with Crippen molar-refractivity contribution in [3.8, 4) is 10.4 Å². The Hall–Kier alpha value is -2.86. The predicted octanol–water partition coefficient (Wildman–Crippen LogP) is 6.83. The number of anilines is 1. The number of halogens is 2. The molecule has 0 aliphatic rings. The fourth-order valence-electron chi connectivity index (χ4n) is 2.99. The first kappa shape index (κ1) is 19.5. The number of thiophene rings is 1. The van der Waals surface area contributed by atoms with Crippen molar-refractivity contribution < 1.29 is 14.7 Å². The third-order valence-corrected chi connectivity index (χ3v) is 5.93. The van der Waals surface area contributed by atoms with E-state index >= 15 is 0 Å². The van der Waals surface area contributed by atoms with E-state index in [1.165, 1.54) is 24.3 Å². The van der Waals surface area contributed by atoms with Crippen LogP contribution < -0.4 is 5.32 Å². The number of nitrogens with one attached hydrogen (secondary N) is 1. The predicted molar refractivity (Wildman–Crippen MR) is 119 cm³/mol. The lowest BCUT2D eigenvalue weighted by Crippen LogP contribution is -2.15. The molecule has 0 bridgehead atoms. The van der Waals surface area contributed by atoms with Crippen molar-refractivity contribution in [1.82, 2.24) is 0 Å². The molecule has 0 radical (unpaired) electrons. The zero-order valence-corrected chi connectivity index (χ0v) is 17.1. The molecule has 1 amide bonds. The maximum Gasteiger partial charge on any atom is 0.337 e. The molecule has 0 aliphatic heterocycles. The topological polar surface area (TPSA) is 66.4 Å². The van der Waals surface area contributed by atoms with E-state index in [1.807, 2.05) is 30.3 Å². The molecule has 4 rings (SSSR count). The van der Waals surface area contributed by atoms with Crippen LogP contribution in [0.2, 0.25) is 10.0 Å². The summed E-state index contributed by atoms with van der Waals surface area (Å²) in [6.07, 6.45) is 0. The first-order valence-corrected chi connectivity index (χ1v) is 10.1. The van der Waals surface area contributed by atoms with Gasteiger partial charge in [0.1, 0.15) is 0 Å². The second-order valence-electron chi connectivity index (χ2n) is 6.33. The van der Waals surface area contributed by atoms with Gasteiger partial charge in [-0.1, -0.05) is 47.5 Å². The number of fused-ring (bicyclic) bond motifs is 1. The minimum atomic E-state index is -1.13. The highest BCUT2D eigenvalue weighted by Gasteiger charge is 2.16. The number of hydrogen-bond donors (Lipinski definition) is 2. The molecule has 0 atom stereocenters.